The van der Waals surface area contributed by atoms with Crippen molar-refractivity contribution in [3.63, 3.8) is 0 Å². The molecule has 94 valence electrons. The van der Waals surface area contributed by atoms with Crippen LogP contribution in [0.25, 0.3) is 0 Å². The number of halogens is 3. The molecule has 0 aromatic carbocycles. The zero-order valence-corrected chi connectivity index (χ0v) is 8.68. The molecule has 1 aromatic rings. The lowest BCUT2D eigenvalue weighted by molar-refractivity contribution is -0.311. The highest BCUT2D eigenvalue weighted by Gasteiger charge is 2.45. The predicted molar refractivity (Wildman–Crippen MR) is 49.9 cm³/mol. The standard InChI is InChI=1S/C10H6F3N3O2/c11-10(12,13)7-5-9(8(17)18,16-15-7)6-3-1-2-4-14-6/h1-5H,(H,17,18)/p-1. The number of rotatable bonds is 2. The van der Waals surface area contributed by atoms with Crippen molar-refractivity contribution in [2.24, 2.45) is 10.2 Å². The summed E-state index contributed by atoms with van der Waals surface area (Å²) in [5.74, 6) is -1.82. The van der Waals surface area contributed by atoms with Gasteiger partial charge in [-0.1, -0.05) is 6.07 Å². The van der Waals surface area contributed by atoms with Crippen molar-refractivity contribution in [3.05, 3.63) is 41.9 Å². The number of aromatic nitrogens is 1. The van der Waals surface area contributed by atoms with Crippen molar-refractivity contribution in [3.8, 4) is 0 Å². The maximum absolute atomic E-state index is 12.4. The minimum Gasteiger partial charge on any atom is -0.547 e. The lowest BCUT2D eigenvalue weighted by Gasteiger charge is -2.22. The summed E-state index contributed by atoms with van der Waals surface area (Å²) in [6, 6.07) is 4.17. The molecule has 0 bridgehead atoms. The van der Waals surface area contributed by atoms with Gasteiger partial charge in [-0.25, -0.2) is 0 Å². The van der Waals surface area contributed by atoms with Crippen LogP contribution in [0.4, 0.5) is 13.2 Å². The number of pyridine rings is 1. The number of allylic oxidation sites excluding steroid dienone is 1. The molecule has 0 amide bonds. The van der Waals surface area contributed by atoms with E-state index in [-0.39, 0.29) is 5.69 Å². The van der Waals surface area contributed by atoms with Gasteiger partial charge < -0.3 is 9.90 Å². The van der Waals surface area contributed by atoms with Gasteiger partial charge in [-0.2, -0.15) is 18.3 Å². The van der Waals surface area contributed by atoms with Crippen LogP contribution in [0.1, 0.15) is 5.69 Å². The number of azo groups is 1. The van der Waals surface area contributed by atoms with E-state index in [0.717, 1.165) is 0 Å². The summed E-state index contributed by atoms with van der Waals surface area (Å²) in [6.07, 6.45) is -3.13. The van der Waals surface area contributed by atoms with Gasteiger partial charge >= 0.3 is 6.18 Å². The highest BCUT2D eigenvalue weighted by molar-refractivity contribution is 5.82. The number of carbonyl (C=O) groups is 1. The Labute approximate surface area is 98.7 Å². The van der Waals surface area contributed by atoms with Crippen molar-refractivity contribution >= 4 is 5.97 Å². The molecule has 2 heterocycles. The van der Waals surface area contributed by atoms with Crippen LogP contribution in [0.3, 0.4) is 0 Å². The molecule has 0 fully saturated rings. The van der Waals surface area contributed by atoms with E-state index in [0.29, 0.717) is 6.08 Å². The van der Waals surface area contributed by atoms with E-state index in [1.165, 1.54) is 24.4 Å². The summed E-state index contributed by atoms with van der Waals surface area (Å²) >= 11 is 0. The quantitative estimate of drug-likeness (QED) is 0.789. The summed E-state index contributed by atoms with van der Waals surface area (Å²) in [5, 5.41) is 17.1. The molecule has 1 aliphatic rings. The van der Waals surface area contributed by atoms with E-state index < -0.39 is 23.4 Å². The van der Waals surface area contributed by atoms with Gasteiger partial charge in [-0.3, -0.25) is 4.98 Å². The van der Waals surface area contributed by atoms with Gasteiger partial charge in [0, 0.05) is 6.20 Å². The maximum Gasteiger partial charge on any atom is 0.434 e. The van der Waals surface area contributed by atoms with Crippen LogP contribution in [0.15, 0.2) is 46.4 Å². The first-order valence-electron chi connectivity index (χ1n) is 4.72. The smallest absolute Gasteiger partial charge is 0.434 e. The molecule has 5 nitrogen and oxygen atoms in total. The molecule has 1 atom stereocenters. The molecule has 18 heavy (non-hydrogen) atoms. The van der Waals surface area contributed by atoms with Crippen LogP contribution < -0.4 is 5.11 Å². The third-order valence-electron chi connectivity index (χ3n) is 2.32. The Hall–Kier alpha value is -2.25. The fourth-order valence-electron chi connectivity index (χ4n) is 1.44. The summed E-state index contributed by atoms with van der Waals surface area (Å²) in [7, 11) is 0. The van der Waals surface area contributed by atoms with E-state index >= 15 is 0 Å². The first-order valence-corrected chi connectivity index (χ1v) is 4.72. The Morgan fingerprint density at radius 3 is 2.50 bits per heavy atom. The molecule has 8 heteroatoms. The molecule has 0 saturated heterocycles. The summed E-state index contributed by atoms with van der Waals surface area (Å²) in [4.78, 5) is 14.8. The summed E-state index contributed by atoms with van der Waals surface area (Å²) in [5.41, 5.74) is -3.88. The molecule has 0 N–H and O–H groups in total. The fourth-order valence-corrected chi connectivity index (χ4v) is 1.44. The number of hydrogen-bond donors (Lipinski definition) is 0. The SMILES string of the molecule is O=C([O-])C1(c2ccccn2)C=C(C(F)(F)F)N=N1. The van der Waals surface area contributed by atoms with E-state index in [1.54, 1.807) is 0 Å². The van der Waals surface area contributed by atoms with Crippen LogP contribution in [0.5, 0.6) is 0 Å². The molecule has 0 saturated carbocycles. The number of alkyl halides is 3. The van der Waals surface area contributed by atoms with Crippen LogP contribution in [-0.2, 0) is 10.3 Å². The van der Waals surface area contributed by atoms with Crippen LogP contribution in [0, 0.1) is 0 Å². The minimum atomic E-state index is -4.77. The van der Waals surface area contributed by atoms with Crippen molar-refractivity contribution in [2.45, 2.75) is 11.7 Å². The van der Waals surface area contributed by atoms with Gasteiger partial charge in [-0.05, 0) is 18.2 Å². The lowest BCUT2D eigenvalue weighted by atomic mass is 9.95. The molecule has 1 aromatic heterocycles. The summed E-state index contributed by atoms with van der Waals surface area (Å²) in [6.45, 7) is 0. The van der Waals surface area contributed by atoms with Gasteiger partial charge in [0.25, 0.3) is 0 Å². The van der Waals surface area contributed by atoms with Gasteiger partial charge in [0.2, 0.25) is 0 Å². The Kier molecular flexibility index (Phi) is 2.64. The molecule has 1 unspecified atom stereocenters. The van der Waals surface area contributed by atoms with E-state index in [4.69, 9.17) is 0 Å². The maximum atomic E-state index is 12.4. The third-order valence-corrected chi connectivity index (χ3v) is 2.32. The number of hydrogen-bond acceptors (Lipinski definition) is 5. The number of nitrogens with zero attached hydrogens (tertiary/aromatic N) is 3. The first kappa shape index (κ1) is 12.2. The molecular weight excluding hydrogens is 251 g/mol. The van der Waals surface area contributed by atoms with Gasteiger partial charge in [0.15, 0.2) is 11.2 Å². The van der Waals surface area contributed by atoms with Crippen molar-refractivity contribution in [1.29, 1.82) is 0 Å². The topological polar surface area (TPSA) is 77.7 Å². The van der Waals surface area contributed by atoms with Crippen LogP contribution in [0.2, 0.25) is 0 Å². The molecule has 0 spiro atoms. The molecule has 0 aliphatic carbocycles. The van der Waals surface area contributed by atoms with E-state index in [1.807, 2.05) is 0 Å². The Morgan fingerprint density at radius 1 is 1.33 bits per heavy atom. The normalized spacial score (nSPS) is 22.9. The lowest BCUT2D eigenvalue weighted by Crippen LogP contribution is -2.43. The van der Waals surface area contributed by atoms with Crippen molar-refractivity contribution in [1.82, 2.24) is 4.98 Å². The Morgan fingerprint density at radius 2 is 2.06 bits per heavy atom. The van der Waals surface area contributed by atoms with Gasteiger partial charge in [0.1, 0.15) is 0 Å². The van der Waals surface area contributed by atoms with Gasteiger partial charge in [0.05, 0.1) is 11.7 Å². The average Bonchev–Trinajstić information content (AvgIpc) is 2.76. The second kappa shape index (κ2) is 3.90. The fraction of sp³-hybridized carbons (Fsp3) is 0.200. The number of aliphatic carboxylic acids is 1. The van der Waals surface area contributed by atoms with Crippen LogP contribution >= 0.6 is 0 Å². The average molecular weight is 256 g/mol. The molecule has 1 aliphatic heterocycles. The second-order valence-electron chi connectivity index (χ2n) is 3.50. The Bertz CT molecular complexity index is 539. The zero-order valence-electron chi connectivity index (χ0n) is 8.68. The largest absolute Gasteiger partial charge is 0.547 e. The molecule has 0 radical (unpaired) electrons. The van der Waals surface area contributed by atoms with E-state index in [9.17, 15) is 23.1 Å². The number of carboxylic acid groups (broad SMARTS) is 1. The first-order chi connectivity index (χ1) is 8.36. The third kappa shape index (κ3) is 1.85. The zero-order chi connectivity index (χ0) is 13.4. The Balaban J connectivity index is 2.55. The highest BCUT2D eigenvalue weighted by atomic mass is 19.4. The second-order valence-corrected chi connectivity index (χ2v) is 3.50. The molecule has 2 rings (SSSR count). The van der Waals surface area contributed by atoms with Crippen molar-refractivity contribution < 1.29 is 23.1 Å². The highest BCUT2D eigenvalue weighted by Crippen LogP contribution is 2.39. The monoisotopic (exact) mass is 256 g/mol. The minimum absolute atomic E-state index is 0.187. The van der Waals surface area contributed by atoms with Crippen molar-refractivity contribution in [2.75, 3.05) is 0 Å². The number of carboxylic acids is 1. The van der Waals surface area contributed by atoms with E-state index in [2.05, 4.69) is 15.2 Å². The van der Waals surface area contributed by atoms with Crippen LogP contribution in [-0.4, -0.2) is 17.1 Å². The predicted octanol–water partition coefficient (Wildman–Crippen LogP) is 0.939. The number of carbonyl (C=O) groups excluding carboxylic acids is 1. The summed E-state index contributed by atoms with van der Waals surface area (Å²) < 4.78 is 37.3. The van der Waals surface area contributed by atoms with Gasteiger partial charge in [-0.15, -0.1) is 5.11 Å². The molecular formula is C10H5F3N3O2-.